The minimum Gasteiger partial charge on any atom is -0.497 e. The average molecular weight is 372 g/mol. The summed E-state index contributed by atoms with van der Waals surface area (Å²) in [5.74, 6) is 1.63. The number of likely N-dealkylation sites (tertiary alicyclic amines) is 1. The van der Waals surface area contributed by atoms with E-state index in [-0.39, 0.29) is 12.1 Å². The summed E-state index contributed by atoms with van der Waals surface area (Å²) >= 11 is 0. The summed E-state index contributed by atoms with van der Waals surface area (Å²) in [4.78, 5) is 22.3. The van der Waals surface area contributed by atoms with Crippen molar-refractivity contribution in [2.75, 3.05) is 33.9 Å². The van der Waals surface area contributed by atoms with Crippen molar-refractivity contribution in [2.24, 2.45) is 0 Å². The van der Waals surface area contributed by atoms with Crippen LogP contribution in [0, 0.1) is 0 Å². The highest BCUT2D eigenvalue weighted by atomic mass is 16.5. The van der Waals surface area contributed by atoms with E-state index in [1.54, 1.807) is 18.2 Å². The molecule has 0 saturated carbocycles. The van der Waals surface area contributed by atoms with Crippen LogP contribution in [0.25, 0.3) is 0 Å². The summed E-state index contributed by atoms with van der Waals surface area (Å²) in [6.07, 6.45) is 4.48. The maximum absolute atomic E-state index is 12.3. The highest BCUT2D eigenvalue weighted by molar-refractivity contribution is 5.74. The van der Waals surface area contributed by atoms with Gasteiger partial charge in [0.1, 0.15) is 11.9 Å². The predicted octanol–water partition coefficient (Wildman–Crippen LogP) is 1.90. The van der Waals surface area contributed by atoms with Gasteiger partial charge in [-0.15, -0.1) is 0 Å². The highest BCUT2D eigenvalue weighted by Gasteiger charge is 2.27. The Morgan fingerprint density at radius 2 is 1.96 bits per heavy atom. The van der Waals surface area contributed by atoms with E-state index in [4.69, 9.17) is 14.2 Å². The molecule has 1 N–H and O–H groups in total. The van der Waals surface area contributed by atoms with E-state index >= 15 is 0 Å². The zero-order valence-electron chi connectivity index (χ0n) is 15.6. The highest BCUT2D eigenvalue weighted by Crippen LogP contribution is 2.18. The van der Waals surface area contributed by atoms with Gasteiger partial charge in [0.25, 0.3) is 0 Å². The van der Waals surface area contributed by atoms with Gasteiger partial charge in [0.2, 0.25) is 11.8 Å². The Morgan fingerprint density at radius 1 is 1.19 bits per heavy atom. The third-order valence-electron chi connectivity index (χ3n) is 4.37. The van der Waals surface area contributed by atoms with Crippen LogP contribution in [0.15, 0.2) is 36.7 Å². The number of amides is 2. The van der Waals surface area contributed by atoms with Crippen molar-refractivity contribution in [3.05, 3.63) is 42.2 Å². The molecule has 1 fully saturated rings. The fourth-order valence-electron chi connectivity index (χ4n) is 2.88. The molecule has 1 aliphatic rings. The lowest BCUT2D eigenvalue weighted by Gasteiger charge is -2.17. The molecule has 1 aliphatic heterocycles. The topological polar surface area (TPSA) is 85.8 Å². The minimum atomic E-state index is -0.0984. The predicted molar refractivity (Wildman–Crippen MR) is 99.3 cm³/mol. The van der Waals surface area contributed by atoms with E-state index < -0.39 is 0 Å². The number of hydrogen-bond acceptors (Lipinski definition) is 6. The van der Waals surface area contributed by atoms with Crippen LogP contribution in [-0.4, -0.2) is 60.9 Å². The summed E-state index contributed by atoms with van der Waals surface area (Å²) in [7, 11) is 3.17. The van der Waals surface area contributed by atoms with Crippen molar-refractivity contribution in [3.63, 3.8) is 0 Å². The average Bonchev–Trinajstić information content (AvgIpc) is 3.17. The molecule has 0 aliphatic carbocycles. The van der Waals surface area contributed by atoms with Crippen LogP contribution in [0.3, 0.4) is 0 Å². The molecule has 1 aromatic carbocycles. The molecule has 0 unspecified atom stereocenters. The molecule has 0 radical (unpaired) electrons. The molecule has 144 valence electrons. The number of carbonyl (C=O) groups is 1. The molecule has 2 heterocycles. The Balaban J connectivity index is 1.41. The Morgan fingerprint density at radius 3 is 2.70 bits per heavy atom. The van der Waals surface area contributed by atoms with Crippen molar-refractivity contribution >= 4 is 6.03 Å². The number of hydrogen-bond donors (Lipinski definition) is 1. The lowest BCUT2D eigenvalue weighted by atomic mass is 10.1. The van der Waals surface area contributed by atoms with Crippen LogP contribution >= 0.6 is 0 Å². The fourth-order valence-corrected chi connectivity index (χ4v) is 2.88. The number of aromatic nitrogens is 2. The van der Waals surface area contributed by atoms with Gasteiger partial charge in [-0.3, -0.25) is 4.98 Å². The van der Waals surface area contributed by atoms with E-state index in [1.807, 2.05) is 24.3 Å². The van der Waals surface area contributed by atoms with E-state index in [0.717, 1.165) is 24.2 Å². The van der Waals surface area contributed by atoms with E-state index in [2.05, 4.69) is 15.3 Å². The van der Waals surface area contributed by atoms with Gasteiger partial charge in [-0.2, -0.15) is 4.98 Å². The molecule has 3 rings (SSSR count). The van der Waals surface area contributed by atoms with Crippen LogP contribution in [0.1, 0.15) is 12.0 Å². The van der Waals surface area contributed by atoms with Gasteiger partial charge in [0.05, 0.1) is 33.2 Å². The third-order valence-corrected chi connectivity index (χ3v) is 4.37. The molecule has 1 saturated heterocycles. The van der Waals surface area contributed by atoms with Crippen LogP contribution in [0.2, 0.25) is 0 Å². The maximum Gasteiger partial charge on any atom is 0.317 e. The number of carbonyl (C=O) groups excluding carboxylic acids is 1. The Bertz CT molecular complexity index is 754. The number of benzene rings is 1. The second kappa shape index (κ2) is 9.07. The number of nitrogens with one attached hydrogen (secondary N) is 1. The SMILES string of the molecule is COc1ccc(CCNC(=O)N2CC[C@@H](Oc3cncc(OC)n3)C2)cc1. The first kappa shape index (κ1) is 18.8. The Hall–Kier alpha value is -3.03. The van der Waals surface area contributed by atoms with Gasteiger partial charge in [0.15, 0.2) is 0 Å². The number of rotatable bonds is 7. The zero-order chi connectivity index (χ0) is 19.1. The first-order valence-corrected chi connectivity index (χ1v) is 8.86. The zero-order valence-corrected chi connectivity index (χ0v) is 15.6. The Labute approximate surface area is 158 Å². The van der Waals surface area contributed by atoms with Gasteiger partial charge in [-0.05, 0) is 24.1 Å². The number of methoxy groups -OCH3 is 2. The van der Waals surface area contributed by atoms with Gasteiger partial charge in [-0.25, -0.2) is 4.79 Å². The molecular formula is C19H24N4O4. The molecule has 0 bridgehead atoms. The van der Waals surface area contributed by atoms with Crippen molar-refractivity contribution in [3.8, 4) is 17.5 Å². The smallest absolute Gasteiger partial charge is 0.317 e. The standard InChI is InChI=1S/C19H24N4O4/c1-25-15-5-3-14(4-6-15)7-9-21-19(24)23-10-8-16(13-23)27-18-12-20-11-17(22-18)26-2/h3-6,11-12,16H,7-10,13H2,1-2H3,(H,21,24)/t16-/m1/s1. The van der Waals surface area contributed by atoms with Crippen molar-refractivity contribution in [2.45, 2.75) is 18.9 Å². The van der Waals surface area contributed by atoms with Crippen LogP contribution < -0.4 is 19.5 Å². The monoisotopic (exact) mass is 372 g/mol. The number of urea groups is 1. The molecule has 0 spiro atoms. The normalized spacial score (nSPS) is 16.1. The van der Waals surface area contributed by atoms with E-state index in [0.29, 0.717) is 31.4 Å². The molecule has 2 aromatic rings. The lowest BCUT2D eigenvalue weighted by molar-refractivity contribution is 0.181. The first-order chi connectivity index (χ1) is 13.2. The molecule has 27 heavy (non-hydrogen) atoms. The molecule has 1 aromatic heterocycles. The van der Waals surface area contributed by atoms with Crippen LogP contribution in [0.4, 0.5) is 4.79 Å². The van der Waals surface area contributed by atoms with Crippen molar-refractivity contribution in [1.82, 2.24) is 20.2 Å². The second-order valence-corrected chi connectivity index (χ2v) is 6.20. The van der Waals surface area contributed by atoms with Crippen LogP contribution in [0.5, 0.6) is 17.5 Å². The third kappa shape index (κ3) is 5.22. The van der Waals surface area contributed by atoms with Crippen LogP contribution in [-0.2, 0) is 6.42 Å². The van der Waals surface area contributed by atoms with Gasteiger partial charge in [-0.1, -0.05) is 12.1 Å². The number of ether oxygens (including phenoxy) is 3. The van der Waals surface area contributed by atoms with E-state index in [9.17, 15) is 4.79 Å². The first-order valence-electron chi connectivity index (χ1n) is 8.86. The number of nitrogens with zero attached hydrogens (tertiary/aromatic N) is 3. The quantitative estimate of drug-likeness (QED) is 0.799. The molecular weight excluding hydrogens is 348 g/mol. The summed E-state index contributed by atoms with van der Waals surface area (Å²) in [6.45, 7) is 1.75. The summed E-state index contributed by atoms with van der Waals surface area (Å²) in [6, 6.07) is 7.76. The van der Waals surface area contributed by atoms with E-state index in [1.165, 1.54) is 13.3 Å². The van der Waals surface area contributed by atoms with Crippen molar-refractivity contribution in [1.29, 1.82) is 0 Å². The minimum absolute atomic E-state index is 0.0775. The molecule has 8 heteroatoms. The van der Waals surface area contributed by atoms with Gasteiger partial charge >= 0.3 is 6.03 Å². The molecule has 2 amide bonds. The summed E-state index contributed by atoms with van der Waals surface area (Å²) < 4.78 is 16.0. The maximum atomic E-state index is 12.3. The fraction of sp³-hybridized carbons (Fsp3) is 0.421. The van der Waals surface area contributed by atoms with Crippen molar-refractivity contribution < 1.29 is 19.0 Å². The van der Waals surface area contributed by atoms with Gasteiger partial charge in [0, 0.05) is 19.5 Å². The molecule has 8 nitrogen and oxygen atoms in total. The summed E-state index contributed by atoms with van der Waals surface area (Å²) in [5.41, 5.74) is 1.15. The Kier molecular flexibility index (Phi) is 6.30. The molecule has 1 atom stereocenters. The second-order valence-electron chi connectivity index (χ2n) is 6.20. The largest absolute Gasteiger partial charge is 0.497 e. The summed E-state index contributed by atoms with van der Waals surface area (Å²) in [5, 5.41) is 2.96. The lowest BCUT2D eigenvalue weighted by Crippen LogP contribution is -2.40. The van der Waals surface area contributed by atoms with Gasteiger partial charge < -0.3 is 24.4 Å².